The van der Waals surface area contributed by atoms with E-state index in [1.54, 1.807) is 14.2 Å². The van der Waals surface area contributed by atoms with Gasteiger partial charge < -0.3 is 18.6 Å². The number of fused-ring (bicyclic) bond motifs is 5. The van der Waals surface area contributed by atoms with E-state index in [0.29, 0.717) is 0 Å². The summed E-state index contributed by atoms with van der Waals surface area (Å²) in [6, 6.07) is 21.3. The Morgan fingerprint density at radius 1 is 0.667 bits per heavy atom. The SMILES string of the molecule is COc1cccc2c1c(-c1c3ccccc3c(C)c3c4c(OC)cccc4n(C)c13)cn2C. The van der Waals surface area contributed by atoms with Crippen molar-refractivity contribution in [3.63, 3.8) is 0 Å². The quantitative estimate of drug-likeness (QED) is 0.301. The van der Waals surface area contributed by atoms with E-state index in [0.717, 1.165) is 33.3 Å². The zero-order chi connectivity index (χ0) is 22.9. The lowest BCUT2D eigenvalue weighted by Crippen LogP contribution is -1.94. The van der Waals surface area contributed by atoms with Crippen LogP contribution in [-0.4, -0.2) is 23.4 Å². The first-order chi connectivity index (χ1) is 16.1. The second-order valence-corrected chi connectivity index (χ2v) is 8.69. The highest BCUT2D eigenvalue weighted by Crippen LogP contribution is 2.48. The summed E-state index contributed by atoms with van der Waals surface area (Å²) in [5, 5.41) is 6.03. The molecule has 0 N–H and O–H groups in total. The molecule has 0 saturated heterocycles. The first-order valence-electron chi connectivity index (χ1n) is 11.2. The summed E-state index contributed by atoms with van der Waals surface area (Å²) < 4.78 is 16.2. The van der Waals surface area contributed by atoms with Crippen LogP contribution in [0.25, 0.3) is 54.6 Å². The number of aromatic nitrogens is 2. The fourth-order valence-electron chi connectivity index (χ4n) is 5.62. The molecule has 4 heteroatoms. The second-order valence-electron chi connectivity index (χ2n) is 8.69. The Morgan fingerprint density at radius 3 is 2.00 bits per heavy atom. The highest BCUT2D eigenvalue weighted by molar-refractivity contribution is 6.25. The van der Waals surface area contributed by atoms with Crippen LogP contribution in [0.3, 0.4) is 0 Å². The molecule has 0 atom stereocenters. The number of aryl methyl sites for hydroxylation is 3. The van der Waals surface area contributed by atoms with Gasteiger partial charge in [-0.15, -0.1) is 0 Å². The van der Waals surface area contributed by atoms with Crippen LogP contribution in [-0.2, 0) is 14.1 Å². The van der Waals surface area contributed by atoms with Crippen molar-refractivity contribution in [3.8, 4) is 22.6 Å². The van der Waals surface area contributed by atoms with Gasteiger partial charge in [-0.3, -0.25) is 0 Å². The molecule has 0 saturated carbocycles. The maximum Gasteiger partial charge on any atom is 0.128 e. The zero-order valence-corrected chi connectivity index (χ0v) is 19.6. The van der Waals surface area contributed by atoms with Gasteiger partial charge in [-0.25, -0.2) is 0 Å². The molecule has 33 heavy (non-hydrogen) atoms. The summed E-state index contributed by atoms with van der Waals surface area (Å²) in [6.45, 7) is 2.23. The number of hydrogen-bond donors (Lipinski definition) is 0. The van der Waals surface area contributed by atoms with E-state index in [4.69, 9.17) is 9.47 Å². The number of rotatable bonds is 3. The molecule has 0 amide bonds. The molecule has 2 aromatic heterocycles. The van der Waals surface area contributed by atoms with E-state index < -0.39 is 0 Å². The van der Waals surface area contributed by atoms with Crippen molar-refractivity contribution in [2.45, 2.75) is 6.92 Å². The fourth-order valence-corrected chi connectivity index (χ4v) is 5.62. The van der Waals surface area contributed by atoms with Crippen molar-refractivity contribution in [1.82, 2.24) is 9.13 Å². The highest BCUT2D eigenvalue weighted by Gasteiger charge is 2.24. The molecule has 0 aliphatic heterocycles. The third kappa shape index (κ3) is 2.52. The standard InChI is InChI=1S/C29H26N2O2/c1-17-18-10-6-7-11-19(18)26(20-16-30(2)21-12-8-14-23(32-4)27(20)21)29-25(17)28-22(31(29)3)13-9-15-24(28)33-5/h6-16H,1-5H3. The number of ether oxygens (including phenoxy) is 2. The van der Waals surface area contributed by atoms with Crippen LogP contribution < -0.4 is 9.47 Å². The van der Waals surface area contributed by atoms with Gasteiger partial charge in [0.2, 0.25) is 0 Å². The van der Waals surface area contributed by atoms with Crippen LogP contribution in [0.2, 0.25) is 0 Å². The van der Waals surface area contributed by atoms with Gasteiger partial charge in [0.05, 0.1) is 30.8 Å². The van der Waals surface area contributed by atoms with Gasteiger partial charge in [0, 0.05) is 47.6 Å². The Morgan fingerprint density at radius 2 is 1.30 bits per heavy atom. The van der Waals surface area contributed by atoms with Crippen molar-refractivity contribution in [2.75, 3.05) is 14.2 Å². The smallest absolute Gasteiger partial charge is 0.128 e. The van der Waals surface area contributed by atoms with Crippen molar-refractivity contribution < 1.29 is 9.47 Å². The minimum Gasteiger partial charge on any atom is -0.496 e. The lowest BCUT2D eigenvalue weighted by Gasteiger charge is -2.14. The largest absolute Gasteiger partial charge is 0.496 e. The van der Waals surface area contributed by atoms with Crippen LogP contribution in [0.4, 0.5) is 0 Å². The summed E-state index contributed by atoms with van der Waals surface area (Å²) in [6.07, 6.45) is 2.23. The molecular weight excluding hydrogens is 408 g/mol. The average molecular weight is 435 g/mol. The molecule has 0 aliphatic rings. The van der Waals surface area contributed by atoms with Gasteiger partial charge in [0.15, 0.2) is 0 Å². The Balaban J connectivity index is 1.95. The van der Waals surface area contributed by atoms with Gasteiger partial charge in [-0.2, -0.15) is 0 Å². The minimum atomic E-state index is 0.886. The normalized spacial score (nSPS) is 11.8. The van der Waals surface area contributed by atoms with Gasteiger partial charge in [0.25, 0.3) is 0 Å². The minimum absolute atomic E-state index is 0.886. The van der Waals surface area contributed by atoms with E-state index in [-0.39, 0.29) is 0 Å². The summed E-state index contributed by atoms with van der Waals surface area (Å²) in [4.78, 5) is 0. The maximum absolute atomic E-state index is 5.84. The van der Waals surface area contributed by atoms with Crippen LogP contribution in [0, 0.1) is 6.92 Å². The van der Waals surface area contributed by atoms with Gasteiger partial charge in [0.1, 0.15) is 11.5 Å². The van der Waals surface area contributed by atoms with Crippen molar-refractivity contribution in [3.05, 3.63) is 72.4 Å². The number of nitrogens with zero attached hydrogens (tertiary/aromatic N) is 2. The third-order valence-electron chi connectivity index (χ3n) is 7.09. The summed E-state index contributed by atoms with van der Waals surface area (Å²) in [5.41, 5.74) is 7.20. The molecular formula is C29H26N2O2. The molecule has 0 unspecified atom stereocenters. The summed E-state index contributed by atoms with van der Waals surface area (Å²) in [5.74, 6) is 1.79. The summed E-state index contributed by atoms with van der Waals surface area (Å²) in [7, 11) is 7.75. The second kappa shape index (κ2) is 7.04. The fraction of sp³-hybridized carbons (Fsp3) is 0.172. The van der Waals surface area contributed by atoms with Crippen LogP contribution in [0.1, 0.15) is 5.56 Å². The first kappa shape index (κ1) is 19.7. The highest BCUT2D eigenvalue weighted by atomic mass is 16.5. The molecule has 0 fully saturated rings. The van der Waals surface area contributed by atoms with Crippen LogP contribution in [0.15, 0.2) is 66.9 Å². The third-order valence-corrected chi connectivity index (χ3v) is 7.09. The van der Waals surface area contributed by atoms with Crippen LogP contribution in [0.5, 0.6) is 11.5 Å². The van der Waals surface area contributed by atoms with Crippen molar-refractivity contribution in [2.24, 2.45) is 14.1 Å². The van der Waals surface area contributed by atoms with E-state index in [9.17, 15) is 0 Å². The summed E-state index contributed by atoms with van der Waals surface area (Å²) >= 11 is 0. The number of methoxy groups -OCH3 is 2. The van der Waals surface area contributed by atoms with E-state index in [1.807, 2.05) is 6.07 Å². The lowest BCUT2D eigenvalue weighted by molar-refractivity contribution is 0.420. The predicted molar refractivity (Wildman–Crippen MR) is 138 cm³/mol. The molecule has 6 rings (SSSR count). The number of hydrogen-bond acceptors (Lipinski definition) is 2. The predicted octanol–water partition coefficient (Wildman–Crippen LogP) is 6.97. The van der Waals surface area contributed by atoms with Crippen LogP contribution >= 0.6 is 0 Å². The first-order valence-corrected chi connectivity index (χ1v) is 11.2. The van der Waals surface area contributed by atoms with Gasteiger partial charge >= 0.3 is 0 Å². The maximum atomic E-state index is 5.84. The molecule has 0 aliphatic carbocycles. The molecule has 0 bridgehead atoms. The monoisotopic (exact) mass is 434 g/mol. The lowest BCUT2D eigenvalue weighted by atomic mass is 9.91. The molecule has 6 aromatic rings. The van der Waals surface area contributed by atoms with E-state index in [1.165, 1.54) is 38.4 Å². The number of benzene rings is 4. The Hall–Kier alpha value is -3.92. The molecule has 4 nitrogen and oxygen atoms in total. The van der Waals surface area contributed by atoms with Crippen molar-refractivity contribution >= 4 is 43.5 Å². The van der Waals surface area contributed by atoms with Gasteiger partial charge in [-0.1, -0.05) is 36.4 Å². The van der Waals surface area contributed by atoms with E-state index >= 15 is 0 Å². The van der Waals surface area contributed by atoms with E-state index in [2.05, 4.69) is 90.9 Å². The topological polar surface area (TPSA) is 28.3 Å². The van der Waals surface area contributed by atoms with Gasteiger partial charge in [-0.05, 0) is 47.5 Å². The van der Waals surface area contributed by atoms with Crippen molar-refractivity contribution in [1.29, 1.82) is 0 Å². The average Bonchev–Trinajstić information content (AvgIpc) is 3.34. The Kier molecular flexibility index (Phi) is 4.21. The zero-order valence-electron chi connectivity index (χ0n) is 19.6. The molecule has 164 valence electrons. The molecule has 0 spiro atoms. The molecule has 0 radical (unpaired) electrons. The Bertz CT molecular complexity index is 1720. The Labute approximate surface area is 192 Å². The molecule has 4 aromatic carbocycles. The molecule has 2 heterocycles.